The molecule has 0 aromatic heterocycles. The number of hydrogen-bond donors (Lipinski definition) is 2. The molecule has 0 heterocycles. The fourth-order valence-electron chi connectivity index (χ4n) is 3.34. The molecule has 2 nitrogen and oxygen atoms in total. The highest BCUT2D eigenvalue weighted by Gasteiger charge is 2.15. The van der Waals surface area contributed by atoms with Gasteiger partial charge in [-0.3, -0.25) is 0 Å². The predicted octanol–water partition coefficient (Wildman–Crippen LogP) is 7.11. The van der Waals surface area contributed by atoms with Crippen molar-refractivity contribution in [3.8, 4) is 22.6 Å². The van der Waals surface area contributed by atoms with Crippen molar-refractivity contribution in [1.29, 1.82) is 0 Å². The number of phenols is 2. The van der Waals surface area contributed by atoms with Crippen LogP contribution in [0.1, 0.15) is 22.3 Å². The van der Waals surface area contributed by atoms with E-state index in [4.69, 9.17) is 0 Å². The van der Waals surface area contributed by atoms with E-state index in [-0.39, 0.29) is 11.5 Å². The van der Waals surface area contributed by atoms with Crippen molar-refractivity contribution in [3.63, 3.8) is 0 Å². The molecule has 0 saturated carbocycles. The molecule has 0 amide bonds. The highest BCUT2D eigenvalue weighted by atomic mass is 16.3. The largest absolute Gasteiger partial charge is 0.504 e. The molecule has 0 fully saturated rings. The number of benzene rings is 4. The van der Waals surface area contributed by atoms with Gasteiger partial charge in [0, 0.05) is 11.1 Å². The maximum atomic E-state index is 10.9. The van der Waals surface area contributed by atoms with Crippen molar-refractivity contribution in [2.75, 3.05) is 0 Å². The van der Waals surface area contributed by atoms with Gasteiger partial charge in [0.1, 0.15) is 0 Å². The monoisotopic (exact) mass is 390 g/mol. The van der Waals surface area contributed by atoms with Crippen LogP contribution < -0.4 is 0 Å². The zero-order valence-corrected chi connectivity index (χ0v) is 16.4. The van der Waals surface area contributed by atoms with Crippen LogP contribution >= 0.6 is 0 Å². The van der Waals surface area contributed by atoms with Gasteiger partial charge in [-0.1, -0.05) is 109 Å². The molecule has 0 spiro atoms. The van der Waals surface area contributed by atoms with Crippen LogP contribution in [0.15, 0.2) is 97.1 Å². The van der Waals surface area contributed by atoms with Crippen LogP contribution in [0.2, 0.25) is 0 Å². The highest BCUT2D eigenvalue weighted by molar-refractivity contribution is 5.88. The smallest absolute Gasteiger partial charge is 0.166 e. The summed E-state index contributed by atoms with van der Waals surface area (Å²) in [5.74, 6) is -0.248. The maximum Gasteiger partial charge on any atom is 0.166 e. The van der Waals surface area contributed by atoms with Crippen LogP contribution in [0.3, 0.4) is 0 Å². The average Bonchev–Trinajstić information content (AvgIpc) is 2.81. The lowest BCUT2D eigenvalue weighted by atomic mass is 9.95. The summed E-state index contributed by atoms with van der Waals surface area (Å²) in [6.07, 6.45) is 7.73. The summed E-state index contributed by atoms with van der Waals surface area (Å²) in [7, 11) is 0. The minimum absolute atomic E-state index is 0.120. The Labute approximate surface area is 176 Å². The van der Waals surface area contributed by atoms with Crippen LogP contribution in [-0.4, -0.2) is 10.2 Å². The molecule has 30 heavy (non-hydrogen) atoms. The first-order valence-electron chi connectivity index (χ1n) is 9.83. The summed E-state index contributed by atoms with van der Waals surface area (Å²) in [5, 5.41) is 21.6. The third kappa shape index (κ3) is 4.34. The summed E-state index contributed by atoms with van der Waals surface area (Å²) < 4.78 is 0. The van der Waals surface area contributed by atoms with Gasteiger partial charge in [-0.15, -0.1) is 0 Å². The second kappa shape index (κ2) is 8.97. The van der Waals surface area contributed by atoms with E-state index >= 15 is 0 Å². The van der Waals surface area contributed by atoms with Gasteiger partial charge in [-0.25, -0.2) is 0 Å². The summed E-state index contributed by atoms with van der Waals surface area (Å²) >= 11 is 0. The van der Waals surface area contributed by atoms with E-state index < -0.39 is 0 Å². The van der Waals surface area contributed by atoms with Crippen LogP contribution in [0.4, 0.5) is 0 Å². The van der Waals surface area contributed by atoms with Gasteiger partial charge in [0.05, 0.1) is 0 Å². The molecular formula is C28H22O2. The quantitative estimate of drug-likeness (QED) is 0.282. The molecule has 4 aromatic rings. The zero-order chi connectivity index (χ0) is 20.8. The van der Waals surface area contributed by atoms with Gasteiger partial charge in [0.15, 0.2) is 11.5 Å². The molecular weight excluding hydrogens is 368 g/mol. The van der Waals surface area contributed by atoms with Crippen molar-refractivity contribution in [2.45, 2.75) is 0 Å². The average molecular weight is 390 g/mol. The van der Waals surface area contributed by atoms with Crippen LogP contribution in [0.5, 0.6) is 11.5 Å². The number of aromatic hydroxyl groups is 2. The molecule has 0 aliphatic heterocycles. The molecule has 0 unspecified atom stereocenters. The second-order valence-electron chi connectivity index (χ2n) is 6.98. The Kier molecular flexibility index (Phi) is 5.77. The van der Waals surface area contributed by atoms with Crippen molar-refractivity contribution in [3.05, 3.63) is 119 Å². The fraction of sp³-hybridized carbons (Fsp3) is 0. The van der Waals surface area contributed by atoms with E-state index in [1.165, 1.54) is 0 Å². The lowest BCUT2D eigenvalue weighted by Gasteiger charge is -2.13. The Balaban J connectivity index is 1.84. The molecule has 2 heteroatoms. The van der Waals surface area contributed by atoms with Gasteiger partial charge >= 0.3 is 0 Å². The standard InChI is InChI=1S/C28H22O2/c29-27-25(19-17-22-12-6-2-7-13-22)24(18-16-21-10-4-1-5-11-21)20-26(28(27)30)23-14-8-3-9-15-23/h1-20,29-30H. The number of hydrogen-bond acceptors (Lipinski definition) is 2. The summed E-state index contributed by atoms with van der Waals surface area (Å²) in [6.45, 7) is 0. The Morgan fingerprint density at radius 3 is 1.57 bits per heavy atom. The Bertz CT molecular complexity index is 1180. The van der Waals surface area contributed by atoms with E-state index in [0.717, 1.165) is 22.3 Å². The minimum atomic E-state index is -0.128. The van der Waals surface area contributed by atoms with Crippen molar-refractivity contribution in [1.82, 2.24) is 0 Å². The first-order valence-corrected chi connectivity index (χ1v) is 9.83. The van der Waals surface area contributed by atoms with Crippen LogP contribution in [-0.2, 0) is 0 Å². The molecule has 0 aliphatic carbocycles. The molecule has 0 bridgehead atoms. The first kappa shape index (κ1) is 19.3. The third-order valence-electron chi connectivity index (χ3n) is 4.93. The fourth-order valence-corrected chi connectivity index (χ4v) is 3.34. The van der Waals surface area contributed by atoms with Crippen LogP contribution in [0, 0.1) is 0 Å². The van der Waals surface area contributed by atoms with E-state index in [0.29, 0.717) is 11.1 Å². The van der Waals surface area contributed by atoms with Gasteiger partial charge in [0.2, 0.25) is 0 Å². The summed E-state index contributed by atoms with van der Waals surface area (Å²) in [4.78, 5) is 0. The number of phenolic OH excluding ortho intramolecular Hbond substituents is 2. The summed E-state index contributed by atoms with van der Waals surface area (Å²) in [6, 6.07) is 31.4. The maximum absolute atomic E-state index is 10.9. The van der Waals surface area contributed by atoms with Gasteiger partial charge < -0.3 is 10.2 Å². The molecule has 0 aliphatic rings. The minimum Gasteiger partial charge on any atom is -0.504 e. The summed E-state index contributed by atoms with van der Waals surface area (Å²) in [5.41, 5.74) is 4.91. The van der Waals surface area contributed by atoms with Crippen LogP contribution in [0.25, 0.3) is 35.4 Å². The van der Waals surface area contributed by atoms with E-state index in [9.17, 15) is 10.2 Å². The van der Waals surface area contributed by atoms with Crippen molar-refractivity contribution in [2.24, 2.45) is 0 Å². The van der Waals surface area contributed by atoms with Crippen molar-refractivity contribution < 1.29 is 10.2 Å². The first-order chi connectivity index (χ1) is 14.7. The van der Waals surface area contributed by atoms with Gasteiger partial charge in [-0.2, -0.15) is 0 Å². The normalized spacial score (nSPS) is 11.3. The molecule has 2 N–H and O–H groups in total. The molecule has 0 atom stereocenters. The van der Waals surface area contributed by atoms with E-state index in [1.54, 1.807) is 0 Å². The van der Waals surface area contributed by atoms with E-state index in [2.05, 4.69) is 0 Å². The van der Waals surface area contributed by atoms with Gasteiger partial charge in [0.25, 0.3) is 0 Å². The number of rotatable bonds is 5. The molecule has 0 radical (unpaired) electrons. The topological polar surface area (TPSA) is 40.5 Å². The second-order valence-corrected chi connectivity index (χ2v) is 6.98. The Morgan fingerprint density at radius 1 is 0.500 bits per heavy atom. The Morgan fingerprint density at radius 2 is 1.00 bits per heavy atom. The molecule has 146 valence electrons. The lowest BCUT2D eigenvalue weighted by molar-refractivity contribution is 0.404. The Hall–Kier alpha value is -4.04. The molecule has 0 saturated heterocycles. The van der Waals surface area contributed by atoms with Gasteiger partial charge in [-0.05, 0) is 34.4 Å². The SMILES string of the molecule is Oc1c(-c2ccccc2)cc(C=Cc2ccccc2)c(C=Cc2ccccc2)c1O. The highest BCUT2D eigenvalue weighted by Crippen LogP contribution is 2.42. The molecule has 4 rings (SSSR count). The third-order valence-corrected chi connectivity index (χ3v) is 4.93. The van der Waals surface area contributed by atoms with E-state index in [1.807, 2.05) is 121 Å². The predicted molar refractivity (Wildman–Crippen MR) is 126 cm³/mol. The zero-order valence-electron chi connectivity index (χ0n) is 16.4. The molecule has 4 aromatic carbocycles. The van der Waals surface area contributed by atoms with Crippen molar-refractivity contribution >= 4 is 24.3 Å². The lowest BCUT2D eigenvalue weighted by Crippen LogP contribution is -1.88.